The predicted octanol–water partition coefficient (Wildman–Crippen LogP) is 14.8. The fourth-order valence-electron chi connectivity index (χ4n) is 6.55. The van der Waals surface area contributed by atoms with Gasteiger partial charge < -0.3 is 29.1 Å². The first-order valence-electron chi connectivity index (χ1n) is 21.1. The highest BCUT2D eigenvalue weighted by atomic mass is 16.5. The third-order valence-corrected chi connectivity index (χ3v) is 10.6. The Morgan fingerprint density at radius 1 is 0.254 bits per heavy atom. The van der Waals surface area contributed by atoms with Crippen LogP contribution in [0.1, 0.15) is 16.7 Å². The van der Waals surface area contributed by atoms with Crippen LogP contribution in [0.2, 0.25) is 0 Å². The van der Waals surface area contributed by atoms with Gasteiger partial charge in [-0.1, -0.05) is 108 Å². The molecular formula is C57H62N4O2. The number of methoxy groups -OCH3 is 2. The molecule has 0 heterocycles. The van der Waals surface area contributed by atoms with Crippen LogP contribution in [0.4, 0.5) is 45.5 Å². The lowest BCUT2D eigenvalue weighted by atomic mass is 10.2. The van der Waals surface area contributed by atoms with Crippen LogP contribution in [-0.4, -0.2) is 42.4 Å². The minimum atomic E-state index is 0.875. The quantitative estimate of drug-likeness (QED) is 0.136. The van der Waals surface area contributed by atoms with Crippen molar-refractivity contribution >= 4 is 45.5 Å². The van der Waals surface area contributed by atoms with Gasteiger partial charge in [0.25, 0.3) is 0 Å². The normalized spacial score (nSPS) is 9.98. The average molecular weight is 835 g/mol. The molecule has 63 heavy (non-hydrogen) atoms. The van der Waals surface area contributed by atoms with Crippen molar-refractivity contribution in [2.45, 2.75) is 20.8 Å². The Kier molecular flexibility index (Phi) is 17.8. The number of nitrogens with zero attached hydrogens (tertiary/aromatic N) is 4. The van der Waals surface area contributed by atoms with E-state index in [4.69, 9.17) is 9.47 Å². The number of benzene rings is 8. The average Bonchev–Trinajstić information content (AvgIpc) is 3.35. The summed E-state index contributed by atoms with van der Waals surface area (Å²) in [5.41, 5.74) is 13.3. The van der Waals surface area contributed by atoms with Gasteiger partial charge in [0.1, 0.15) is 11.5 Å². The molecule has 0 bridgehead atoms. The van der Waals surface area contributed by atoms with E-state index < -0.39 is 0 Å². The zero-order chi connectivity index (χ0) is 45.0. The van der Waals surface area contributed by atoms with Crippen LogP contribution in [0, 0.1) is 20.8 Å². The molecule has 0 unspecified atom stereocenters. The van der Waals surface area contributed by atoms with Gasteiger partial charge in [0.05, 0.1) is 14.2 Å². The first kappa shape index (κ1) is 46.6. The Hall–Kier alpha value is -7.44. The highest BCUT2D eigenvalue weighted by Crippen LogP contribution is 2.28. The summed E-state index contributed by atoms with van der Waals surface area (Å²) in [6.07, 6.45) is 0. The number of hydrogen-bond acceptors (Lipinski definition) is 6. The zero-order valence-corrected chi connectivity index (χ0v) is 38.3. The summed E-state index contributed by atoms with van der Waals surface area (Å²) in [5, 5.41) is 0. The van der Waals surface area contributed by atoms with Crippen LogP contribution in [0.5, 0.6) is 11.5 Å². The van der Waals surface area contributed by atoms with Crippen molar-refractivity contribution in [3.8, 4) is 11.5 Å². The number of anilines is 8. The van der Waals surface area contributed by atoms with Gasteiger partial charge in [-0.15, -0.1) is 0 Å². The maximum Gasteiger partial charge on any atom is 0.120 e. The van der Waals surface area contributed by atoms with Gasteiger partial charge in [0.2, 0.25) is 0 Å². The van der Waals surface area contributed by atoms with E-state index in [1.165, 1.54) is 45.1 Å². The van der Waals surface area contributed by atoms with E-state index in [2.05, 4.69) is 189 Å². The summed E-state index contributed by atoms with van der Waals surface area (Å²) in [5.74, 6) is 1.76. The van der Waals surface area contributed by atoms with E-state index in [-0.39, 0.29) is 0 Å². The van der Waals surface area contributed by atoms with E-state index in [0.717, 1.165) is 28.6 Å². The summed E-state index contributed by atoms with van der Waals surface area (Å²) < 4.78 is 10.4. The van der Waals surface area contributed by atoms with Crippen molar-refractivity contribution in [3.63, 3.8) is 0 Å². The Morgan fingerprint density at radius 3 is 0.921 bits per heavy atom. The van der Waals surface area contributed by atoms with Crippen molar-refractivity contribution in [1.29, 1.82) is 0 Å². The Labute approximate surface area is 376 Å². The molecular weight excluding hydrogens is 773 g/mol. The van der Waals surface area contributed by atoms with E-state index in [1.807, 2.05) is 92.0 Å². The molecule has 6 heteroatoms. The van der Waals surface area contributed by atoms with Crippen LogP contribution < -0.4 is 29.1 Å². The van der Waals surface area contributed by atoms with Gasteiger partial charge in [0.15, 0.2) is 0 Å². The van der Waals surface area contributed by atoms with Crippen molar-refractivity contribution < 1.29 is 9.47 Å². The SMILES string of the molecule is COc1ccc(N(C)c2ccccc2)cc1.COc1cccc(N(C)c2ccccc2)c1.Cc1ccc(N(C)c2ccc(C)cc2)cc1.Cc1cccc(N(C)c2ccccc2)c1. The molecule has 0 atom stereocenters. The van der Waals surface area contributed by atoms with Crippen LogP contribution in [0.15, 0.2) is 212 Å². The zero-order valence-electron chi connectivity index (χ0n) is 38.3. The van der Waals surface area contributed by atoms with Gasteiger partial charge in [-0.05, 0) is 136 Å². The number of para-hydroxylation sites is 3. The Morgan fingerprint density at radius 2 is 0.556 bits per heavy atom. The smallest absolute Gasteiger partial charge is 0.120 e. The lowest BCUT2D eigenvalue weighted by molar-refractivity contribution is 0.415. The predicted molar refractivity (Wildman–Crippen MR) is 271 cm³/mol. The molecule has 0 N–H and O–H groups in total. The molecule has 322 valence electrons. The first-order valence-corrected chi connectivity index (χ1v) is 21.1. The summed E-state index contributed by atoms with van der Waals surface area (Å²) in [6, 6.07) is 72.6. The maximum absolute atomic E-state index is 5.21. The molecule has 6 nitrogen and oxygen atoms in total. The fourth-order valence-corrected chi connectivity index (χ4v) is 6.55. The fraction of sp³-hybridized carbons (Fsp3) is 0.158. The summed E-state index contributed by atoms with van der Waals surface area (Å²) in [6.45, 7) is 6.33. The van der Waals surface area contributed by atoms with Gasteiger partial charge in [0, 0.05) is 79.8 Å². The van der Waals surface area contributed by atoms with Gasteiger partial charge in [-0.2, -0.15) is 0 Å². The molecule has 0 saturated heterocycles. The van der Waals surface area contributed by atoms with E-state index in [9.17, 15) is 0 Å². The highest BCUT2D eigenvalue weighted by Gasteiger charge is 2.06. The van der Waals surface area contributed by atoms with Gasteiger partial charge in [-0.25, -0.2) is 0 Å². The highest BCUT2D eigenvalue weighted by molar-refractivity contribution is 5.66. The number of aryl methyl sites for hydroxylation is 3. The molecule has 0 aromatic heterocycles. The third-order valence-electron chi connectivity index (χ3n) is 10.6. The lowest BCUT2D eigenvalue weighted by Gasteiger charge is -2.19. The second-order valence-corrected chi connectivity index (χ2v) is 15.2. The molecule has 0 fully saturated rings. The number of hydrogen-bond donors (Lipinski definition) is 0. The molecule has 8 aromatic carbocycles. The molecule has 0 spiro atoms. The second-order valence-electron chi connectivity index (χ2n) is 15.2. The molecule has 0 aliphatic heterocycles. The molecule has 0 aliphatic carbocycles. The summed E-state index contributed by atoms with van der Waals surface area (Å²) in [7, 11) is 11.6. The minimum Gasteiger partial charge on any atom is -0.497 e. The monoisotopic (exact) mass is 834 g/mol. The number of ether oxygens (including phenoxy) is 2. The molecule has 0 amide bonds. The maximum atomic E-state index is 5.21. The van der Waals surface area contributed by atoms with Crippen molar-refractivity contribution in [2.24, 2.45) is 0 Å². The minimum absolute atomic E-state index is 0.875. The molecule has 0 saturated carbocycles. The second kappa shape index (κ2) is 24.1. The van der Waals surface area contributed by atoms with E-state index >= 15 is 0 Å². The van der Waals surface area contributed by atoms with Crippen molar-refractivity contribution in [2.75, 3.05) is 62.0 Å². The van der Waals surface area contributed by atoms with Crippen LogP contribution in [0.25, 0.3) is 0 Å². The molecule has 0 aliphatic rings. The number of rotatable bonds is 10. The van der Waals surface area contributed by atoms with Crippen LogP contribution >= 0.6 is 0 Å². The van der Waals surface area contributed by atoms with E-state index in [0.29, 0.717) is 0 Å². The van der Waals surface area contributed by atoms with Crippen molar-refractivity contribution in [1.82, 2.24) is 0 Å². The standard InChI is InChI=1S/C15H17N.2C14H15NO.C14H15N/c1-12-4-8-14(9-5-12)16(3)15-10-6-13(2)7-11-15;1-15(12-7-4-3-5-8-12)13-9-6-10-14(11-13)16-2;1-15(12-6-4-3-5-7-12)13-8-10-14(16-2)11-9-13;1-12-7-6-10-14(11-12)15(2)13-8-4-3-5-9-13/h4-11H,1-3H3;2*3-11H,1-2H3;3-11H,1-2H3. The topological polar surface area (TPSA) is 31.4 Å². The Bertz CT molecular complexity index is 2450. The third kappa shape index (κ3) is 14.3. The molecule has 8 rings (SSSR count). The van der Waals surface area contributed by atoms with Crippen molar-refractivity contribution in [3.05, 3.63) is 229 Å². The Balaban J connectivity index is 0.000000158. The van der Waals surface area contributed by atoms with E-state index in [1.54, 1.807) is 14.2 Å². The van der Waals surface area contributed by atoms with Crippen LogP contribution in [-0.2, 0) is 0 Å². The van der Waals surface area contributed by atoms with Crippen LogP contribution in [0.3, 0.4) is 0 Å². The molecule has 0 radical (unpaired) electrons. The largest absolute Gasteiger partial charge is 0.497 e. The first-order chi connectivity index (χ1) is 30.6. The van der Waals surface area contributed by atoms with Gasteiger partial charge in [-0.3, -0.25) is 0 Å². The summed E-state index contributed by atoms with van der Waals surface area (Å²) >= 11 is 0. The molecule has 8 aromatic rings. The van der Waals surface area contributed by atoms with Gasteiger partial charge >= 0.3 is 0 Å². The lowest BCUT2D eigenvalue weighted by Crippen LogP contribution is -2.08. The summed E-state index contributed by atoms with van der Waals surface area (Å²) in [4.78, 5) is 8.65.